The van der Waals surface area contributed by atoms with Crippen molar-refractivity contribution in [1.82, 2.24) is 20.4 Å². The summed E-state index contributed by atoms with van der Waals surface area (Å²) in [6.07, 6.45) is 2.28. The zero-order chi connectivity index (χ0) is 19.2. The standard InChI is InChI=1S/C19H20FN5O2/c1-25(2)16-11-13(9-10-21-16)12-22-17(26)7-8-18-23-19(24-27-18)14-3-5-15(20)6-4-14/h3-6,9-11H,7-8,12H2,1-2H3,(H,22,26). The molecular formula is C19H20FN5O2. The van der Waals surface area contributed by atoms with E-state index in [4.69, 9.17) is 4.52 Å². The van der Waals surface area contributed by atoms with E-state index in [1.807, 2.05) is 31.1 Å². The van der Waals surface area contributed by atoms with Gasteiger partial charge in [0.15, 0.2) is 0 Å². The molecule has 0 fully saturated rings. The van der Waals surface area contributed by atoms with E-state index in [1.54, 1.807) is 18.3 Å². The van der Waals surface area contributed by atoms with Gasteiger partial charge in [-0.05, 0) is 42.0 Å². The van der Waals surface area contributed by atoms with E-state index in [-0.39, 0.29) is 18.1 Å². The Morgan fingerprint density at radius 3 is 2.74 bits per heavy atom. The van der Waals surface area contributed by atoms with Crippen molar-refractivity contribution in [3.05, 3.63) is 59.9 Å². The summed E-state index contributed by atoms with van der Waals surface area (Å²) in [5.74, 6) is 1.13. The van der Waals surface area contributed by atoms with Crippen molar-refractivity contribution in [3.63, 3.8) is 0 Å². The van der Waals surface area contributed by atoms with E-state index >= 15 is 0 Å². The van der Waals surface area contributed by atoms with Crippen molar-refractivity contribution in [2.75, 3.05) is 19.0 Å². The predicted octanol–water partition coefficient (Wildman–Crippen LogP) is 2.59. The van der Waals surface area contributed by atoms with Crippen LogP contribution in [0.3, 0.4) is 0 Å². The SMILES string of the molecule is CN(C)c1cc(CNC(=O)CCc2nc(-c3ccc(F)cc3)no2)ccn1. The van der Waals surface area contributed by atoms with Crippen LogP contribution in [-0.2, 0) is 17.8 Å². The van der Waals surface area contributed by atoms with Crippen molar-refractivity contribution in [3.8, 4) is 11.4 Å². The van der Waals surface area contributed by atoms with E-state index in [0.717, 1.165) is 11.4 Å². The molecule has 2 aromatic heterocycles. The summed E-state index contributed by atoms with van der Waals surface area (Å²) < 4.78 is 18.1. The number of rotatable bonds is 7. The highest BCUT2D eigenvalue weighted by molar-refractivity contribution is 5.76. The van der Waals surface area contributed by atoms with E-state index in [2.05, 4.69) is 20.4 Å². The average Bonchev–Trinajstić information content (AvgIpc) is 3.14. The molecule has 0 atom stereocenters. The van der Waals surface area contributed by atoms with Crippen molar-refractivity contribution in [1.29, 1.82) is 0 Å². The maximum absolute atomic E-state index is 13.0. The second kappa shape index (κ2) is 8.39. The molecule has 0 saturated heterocycles. The molecule has 3 aromatic rings. The van der Waals surface area contributed by atoms with Gasteiger partial charge in [-0.15, -0.1) is 0 Å². The first-order chi connectivity index (χ1) is 13.0. The first-order valence-corrected chi connectivity index (χ1v) is 8.49. The molecule has 3 rings (SSSR count). The minimum Gasteiger partial charge on any atom is -0.363 e. The molecule has 0 bridgehead atoms. The van der Waals surface area contributed by atoms with Gasteiger partial charge in [0.25, 0.3) is 0 Å². The summed E-state index contributed by atoms with van der Waals surface area (Å²) >= 11 is 0. The molecule has 7 nitrogen and oxygen atoms in total. The molecule has 8 heteroatoms. The number of anilines is 1. The Bertz CT molecular complexity index is 908. The molecule has 27 heavy (non-hydrogen) atoms. The highest BCUT2D eigenvalue weighted by Crippen LogP contribution is 2.16. The van der Waals surface area contributed by atoms with Gasteiger partial charge in [0.2, 0.25) is 17.6 Å². The van der Waals surface area contributed by atoms with Crippen LogP contribution in [-0.4, -0.2) is 35.1 Å². The van der Waals surface area contributed by atoms with Crippen molar-refractivity contribution in [2.24, 2.45) is 0 Å². The zero-order valence-electron chi connectivity index (χ0n) is 15.1. The van der Waals surface area contributed by atoms with Crippen molar-refractivity contribution >= 4 is 11.7 Å². The molecular weight excluding hydrogens is 349 g/mol. The fourth-order valence-electron chi connectivity index (χ4n) is 2.40. The van der Waals surface area contributed by atoms with E-state index in [0.29, 0.717) is 30.2 Å². The molecule has 0 aliphatic rings. The quantitative estimate of drug-likeness (QED) is 0.689. The lowest BCUT2D eigenvalue weighted by Gasteiger charge is -2.12. The first-order valence-electron chi connectivity index (χ1n) is 8.49. The molecule has 1 N–H and O–H groups in total. The highest BCUT2D eigenvalue weighted by Gasteiger charge is 2.11. The lowest BCUT2D eigenvalue weighted by Crippen LogP contribution is -2.23. The second-order valence-corrected chi connectivity index (χ2v) is 6.21. The number of halogens is 1. The maximum Gasteiger partial charge on any atom is 0.227 e. The molecule has 0 radical (unpaired) electrons. The van der Waals surface area contributed by atoms with Gasteiger partial charge in [0.1, 0.15) is 11.6 Å². The minimum absolute atomic E-state index is 0.111. The van der Waals surface area contributed by atoms with Gasteiger partial charge in [-0.3, -0.25) is 4.79 Å². The molecule has 1 amide bonds. The lowest BCUT2D eigenvalue weighted by molar-refractivity contribution is -0.121. The largest absolute Gasteiger partial charge is 0.363 e. The molecule has 140 valence electrons. The summed E-state index contributed by atoms with van der Waals surface area (Å²) in [5, 5.41) is 6.73. The van der Waals surface area contributed by atoms with Gasteiger partial charge >= 0.3 is 0 Å². The Hall–Kier alpha value is -3.29. The number of aryl methyl sites for hydroxylation is 1. The number of benzene rings is 1. The van der Waals surface area contributed by atoms with Gasteiger partial charge in [-0.25, -0.2) is 9.37 Å². The van der Waals surface area contributed by atoms with E-state index in [9.17, 15) is 9.18 Å². The number of nitrogens with zero attached hydrogens (tertiary/aromatic N) is 4. The number of nitrogens with one attached hydrogen (secondary N) is 1. The third-order valence-corrected chi connectivity index (χ3v) is 3.89. The van der Waals surface area contributed by atoms with Gasteiger partial charge < -0.3 is 14.7 Å². The van der Waals surface area contributed by atoms with Crippen molar-refractivity contribution in [2.45, 2.75) is 19.4 Å². The number of pyridine rings is 1. The van der Waals surface area contributed by atoms with Gasteiger partial charge in [-0.1, -0.05) is 5.16 Å². The van der Waals surface area contributed by atoms with Crippen LogP contribution in [0.25, 0.3) is 11.4 Å². The summed E-state index contributed by atoms with van der Waals surface area (Å²) in [6.45, 7) is 0.423. The Kier molecular flexibility index (Phi) is 5.75. The molecule has 0 unspecified atom stereocenters. The Morgan fingerprint density at radius 1 is 1.22 bits per heavy atom. The average molecular weight is 369 g/mol. The third kappa shape index (κ3) is 5.10. The zero-order valence-corrected chi connectivity index (χ0v) is 15.1. The predicted molar refractivity (Wildman–Crippen MR) is 98.4 cm³/mol. The summed E-state index contributed by atoms with van der Waals surface area (Å²) in [4.78, 5) is 22.4. The van der Waals surface area contributed by atoms with Gasteiger partial charge in [0, 0.05) is 45.2 Å². The second-order valence-electron chi connectivity index (χ2n) is 6.21. The summed E-state index contributed by atoms with van der Waals surface area (Å²) in [6, 6.07) is 9.60. The van der Waals surface area contributed by atoms with Gasteiger partial charge in [-0.2, -0.15) is 4.98 Å². The number of amides is 1. The number of hydrogen-bond acceptors (Lipinski definition) is 6. The Balaban J connectivity index is 1.49. The van der Waals surface area contributed by atoms with Crippen LogP contribution in [0.2, 0.25) is 0 Å². The lowest BCUT2D eigenvalue weighted by atomic mass is 10.2. The molecule has 0 aliphatic carbocycles. The fraction of sp³-hybridized carbons (Fsp3) is 0.263. The van der Waals surface area contributed by atoms with Crippen LogP contribution in [0.4, 0.5) is 10.2 Å². The molecule has 0 saturated carbocycles. The van der Waals surface area contributed by atoms with Crippen LogP contribution in [0.5, 0.6) is 0 Å². The normalized spacial score (nSPS) is 10.6. The number of hydrogen-bond donors (Lipinski definition) is 1. The summed E-state index contributed by atoms with van der Waals surface area (Å²) in [5.41, 5.74) is 1.63. The summed E-state index contributed by atoms with van der Waals surface area (Å²) in [7, 11) is 3.82. The smallest absolute Gasteiger partial charge is 0.227 e. The van der Waals surface area contributed by atoms with Gasteiger partial charge in [0.05, 0.1) is 0 Å². The minimum atomic E-state index is -0.328. The van der Waals surface area contributed by atoms with Crippen LogP contribution in [0.1, 0.15) is 17.9 Å². The van der Waals surface area contributed by atoms with E-state index in [1.165, 1.54) is 12.1 Å². The monoisotopic (exact) mass is 369 g/mol. The van der Waals surface area contributed by atoms with Crippen LogP contribution >= 0.6 is 0 Å². The molecule has 2 heterocycles. The third-order valence-electron chi connectivity index (χ3n) is 3.89. The maximum atomic E-state index is 13.0. The van der Waals surface area contributed by atoms with Crippen LogP contribution in [0.15, 0.2) is 47.1 Å². The fourth-order valence-corrected chi connectivity index (χ4v) is 2.40. The Labute approximate surface area is 156 Å². The number of aromatic nitrogens is 3. The van der Waals surface area contributed by atoms with E-state index < -0.39 is 0 Å². The first kappa shape index (κ1) is 18.5. The number of carbonyl (C=O) groups excluding carboxylic acids is 1. The molecule has 1 aromatic carbocycles. The number of carbonyl (C=O) groups is 1. The highest BCUT2D eigenvalue weighted by atomic mass is 19.1. The topological polar surface area (TPSA) is 84.2 Å². The van der Waals surface area contributed by atoms with Crippen LogP contribution < -0.4 is 10.2 Å². The molecule has 0 aliphatic heterocycles. The van der Waals surface area contributed by atoms with Crippen molar-refractivity contribution < 1.29 is 13.7 Å². The molecule has 0 spiro atoms. The van der Waals surface area contributed by atoms with Crippen LogP contribution in [0, 0.1) is 5.82 Å². The Morgan fingerprint density at radius 2 is 2.00 bits per heavy atom.